The Balaban J connectivity index is 2.36. The summed E-state index contributed by atoms with van der Waals surface area (Å²) in [4.78, 5) is 25.6. The number of amides is 1. The molecule has 1 atom stereocenters. The number of hydrogen-bond donors (Lipinski definition) is 2. The summed E-state index contributed by atoms with van der Waals surface area (Å²) in [5, 5.41) is 11.1. The molecule has 1 aromatic rings. The van der Waals surface area contributed by atoms with E-state index in [9.17, 15) is 14.0 Å². The molecule has 0 aliphatic heterocycles. The predicted octanol–water partition coefficient (Wildman–Crippen LogP) is 1.45. The monoisotopic (exact) mass is 254 g/mol. The van der Waals surface area contributed by atoms with Crippen molar-refractivity contribution in [1.82, 2.24) is 10.3 Å². The normalized spacial score (nSPS) is 11.9. The number of carboxylic acids is 1. The number of nitrogens with zero attached hydrogens (tertiary/aromatic N) is 1. The van der Waals surface area contributed by atoms with Crippen LogP contribution in [-0.2, 0) is 4.79 Å². The van der Waals surface area contributed by atoms with E-state index in [0.29, 0.717) is 13.0 Å². The summed E-state index contributed by atoms with van der Waals surface area (Å²) < 4.78 is 12.6. The van der Waals surface area contributed by atoms with Gasteiger partial charge in [-0.25, -0.2) is 9.37 Å². The van der Waals surface area contributed by atoms with Crippen molar-refractivity contribution in [2.24, 2.45) is 5.92 Å². The third kappa shape index (κ3) is 4.90. The second-order valence-electron chi connectivity index (χ2n) is 4.11. The van der Waals surface area contributed by atoms with Crippen molar-refractivity contribution in [2.45, 2.75) is 19.8 Å². The smallest absolute Gasteiger partial charge is 0.303 e. The molecule has 0 spiro atoms. The highest BCUT2D eigenvalue weighted by atomic mass is 19.1. The zero-order valence-corrected chi connectivity index (χ0v) is 10.0. The fourth-order valence-electron chi connectivity index (χ4n) is 1.34. The molecular formula is C12H15FN2O3. The van der Waals surface area contributed by atoms with Crippen LogP contribution in [0.3, 0.4) is 0 Å². The summed E-state index contributed by atoms with van der Waals surface area (Å²) in [6, 6.07) is 2.46. The van der Waals surface area contributed by atoms with Crippen molar-refractivity contribution < 1.29 is 19.1 Å². The molecule has 0 aliphatic carbocycles. The van der Waals surface area contributed by atoms with Crippen molar-refractivity contribution in [3.05, 3.63) is 29.8 Å². The number of pyridine rings is 1. The number of hydrogen-bond acceptors (Lipinski definition) is 3. The van der Waals surface area contributed by atoms with E-state index in [2.05, 4.69) is 10.3 Å². The fourth-order valence-corrected chi connectivity index (χ4v) is 1.34. The lowest BCUT2D eigenvalue weighted by molar-refractivity contribution is -0.137. The molecule has 2 N–H and O–H groups in total. The minimum Gasteiger partial charge on any atom is -0.481 e. The van der Waals surface area contributed by atoms with Crippen LogP contribution in [0.25, 0.3) is 0 Å². The Kier molecular flexibility index (Phi) is 5.23. The van der Waals surface area contributed by atoms with Gasteiger partial charge in [-0.05, 0) is 24.5 Å². The zero-order valence-electron chi connectivity index (χ0n) is 10.0. The van der Waals surface area contributed by atoms with E-state index in [0.717, 1.165) is 12.3 Å². The number of aromatic nitrogens is 1. The SMILES string of the molecule is CC(CCC(=O)O)CNC(=O)c1ccc(F)cn1. The maximum Gasteiger partial charge on any atom is 0.303 e. The Morgan fingerprint density at radius 1 is 1.50 bits per heavy atom. The molecule has 0 saturated heterocycles. The van der Waals surface area contributed by atoms with Crippen molar-refractivity contribution >= 4 is 11.9 Å². The van der Waals surface area contributed by atoms with Crippen LogP contribution in [0.5, 0.6) is 0 Å². The van der Waals surface area contributed by atoms with Crippen molar-refractivity contribution in [3.63, 3.8) is 0 Å². The third-order valence-corrected chi connectivity index (χ3v) is 2.42. The molecule has 0 saturated carbocycles. The molecule has 1 amide bonds. The Morgan fingerprint density at radius 3 is 2.78 bits per heavy atom. The quantitative estimate of drug-likeness (QED) is 0.805. The molecule has 1 aromatic heterocycles. The van der Waals surface area contributed by atoms with Crippen LogP contribution in [0.2, 0.25) is 0 Å². The van der Waals surface area contributed by atoms with Crippen LogP contribution in [0.15, 0.2) is 18.3 Å². The molecule has 0 bridgehead atoms. The lowest BCUT2D eigenvalue weighted by Gasteiger charge is -2.11. The van der Waals surface area contributed by atoms with Gasteiger partial charge < -0.3 is 10.4 Å². The third-order valence-electron chi connectivity index (χ3n) is 2.42. The van der Waals surface area contributed by atoms with Crippen LogP contribution >= 0.6 is 0 Å². The lowest BCUT2D eigenvalue weighted by atomic mass is 10.1. The molecule has 0 aliphatic rings. The van der Waals surface area contributed by atoms with E-state index in [1.165, 1.54) is 6.07 Å². The van der Waals surface area contributed by atoms with Crippen LogP contribution in [0.1, 0.15) is 30.3 Å². The molecule has 18 heavy (non-hydrogen) atoms. The highest BCUT2D eigenvalue weighted by Gasteiger charge is 2.10. The van der Waals surface area contributed by atoms with Gasteiger partial charge in [0.05, 0.1) is 6.20 Å². The minimum atomic E-state index is -0.853. The molecule has 1 heterocycles. The molecular weight excluding hydrogens is 239 g/mol. The highest BCUT2D eigenvalue weighted by Crippen LogP contribution is 2.04. The molecule has 6 heteroatoms. The average Bonchev–Trinajstić information content (AvgIpc) is 2.34. The van der Waals surface area contributed by atoms with E-state index in [-0.39, 0.29) is 18.0 Å². The Bertz CT molecular complexity index is 420. The number of halogens is 1. The first-order valence-corrected chi connectivity index (χ1v) is 5.60. The molecule has 1 rings (SSSR count). The number of carboxylic acid groups (broad SMARTS) is 1. The van der Waals surface area contributed by atoms with E-state index < -0.39 is 17.7 Å². The first-order chi connectivity index (χ1) is 8.49. The summed E-state index contributed by atoms with van der Waals surface area (Å²) in [5.41, 5.74) is 0.141. The number of carbonyl (C=O) groups excluding carboxylic acids is 1. The van der Waals surface area contributed by atoms with Gasteiger partial charge in [-0.2, -0.15) is 0 Å². The van der Waals surface area contributed by atoms with Gasteiger partial charge >= 0.3 is 5.97 Å². The zero-order chi connectivity index (χ0) is 13.5. The fraction of sp³-hybridized carbons (Fsp3) is 0.417. The number of nitrogens with one attached hydrogen (secondary N) is 1. The van der Waals surface area contributed by atoms with E-state index in [1.807, 2.05) is 6.92 Å². The summed E-state index contributed by atoms with van der Waals surface area (Å²) in [5.74, 6) is -1.68. The van der Waals surface area contributed by atoms with Gasteiger partial charge in [-0.3, -0.25) is 9.59 Å². The Labute approximate surface area is 104 Å². The van der Waals surface area contributed by atoms with Crippen molar-refractivity contribution in [2.75, 3.05) is 6.54 Å². The summed E-state index contributed by atoms with van der Waals surface area (Å²) in [7, 11) is 0. The molecule has 98 valence electrons. The van der Waals surface area contributed by atoms with Crippen LogP contribution in [0, 0.1) is 11.7 Å². The van der Waals surface area contributed by atoms with Gasteiger partial charge in [0.25, 0.3) is 5.91 Å². The summed E-state index contributed by atoms with van der Waals surface area (Å²) in [6.45, 7) is 2.21. The van der Waals surface area contributed by atoms with Gasteiger partial charge in [0.1, 0.15) is 11.5 Å². The van der Waals surface area contributed by atoms with Crippen LogP contribution < -0.4 is 5.32 Å². The maximum atomic E-state index is 12.6. The predicted molar refractivity (Wildman–Crippen MR) is 62.6 cm³/mol. The van der Waals surface area contributed by atoms with Gasteiger partial charge in [0, 0.05) is 13.0 Å². The van der Waals surface area contributed by atoms with E-state index >= 15 is 0 Å². The lowest BCUT2D eigenvalue weighted by Crippen LogP contribution is -2.29. The largest absolute Gasteiger partial charge is 0.481 e. The van der Waals surface area contributed by atoms with E-state index in [1.54, 1.807) is 0 Å². The molecule has 0 fully saturated rings. The van der Waals surface area contributed by atoms with Gasteiger partial charge in [-0.15, -0.1) is 0 Å². The maximum absolute atomic E-state index is 12.6. The standard InChI is InChI=1S/C12H15FN2O3/c1-8(2-5-11(16)17)6-15-12(18)10-4-3-9(13)7-14-10/h3-4,7-8H,2,5-6H2,1H3,(H,15,18)(H,16,17). The second kappa shape index (κ2) is 6.68. The van der Waals surface area contributed by atoms with Crippen molar-refractivity contribution in [1.29, 1.82) is 0 Å². The van der Waals surface area contributed by atoms with Gasteiger partial charge in [-0.1, -0.05) is 6.92 Å². The summed E-state index contributed by atoms with van der Waals surface area (Å²) in [6.07, 6.45) is 1.54. The second-order valence-corrected chi connectivity index (χ2v) is 4.11. The molecule has 0 radical (unpaired) electrons. The minimum absolute atomic E-state index is 0.0606. The number of carbonyl (C=O) groups is 2. The number of rotatable bonds is 6. The Morgan fingerprint density at radius 2 is 2.22 bits per heavy atom. The van der Waals surface area contributed by atoms with Crippen LogP contribution in [0.4, 0.5) is 4.39 Å². The molecule has 0 aromatic carbocycles. The first-order valence-electron chi connectivity index (χ1n) is 5.60. The first kappa shape index (κ1) is 14.1. The van der Waals surface area contributed by atoms with E-state index in [4.69, 9.17) is 5.11 Å². The topological polar surface area (TPSA) is 79.3 Å². The molecule has 5 nitrogen and oxygen atoms in total. The van der Waals surface area contributed by atoms with Gasteiger partial charge in [0.2, 0.25) is 0 Å². The average molecular weight is 254 g/mol. The number of aliphatic carboxylic acids is 1. The van der Waals surface area contributed by atoms with Crippen LogP contribution in [-0.4, -0.2) is 28.5 Å². The highest BCUT2D eigenvalue weighted by molar-refractivity contribution is 5.92. The van der Waals surface area contributed by atoms with Crippen molar-refractivity contribution in [3.8, 4) is 0 Å². The molecule has 1 unspecified atom stereocenters. The Hall–Kier alpha value is -1.98. The van der Waals surface area contributed by atoms with Gasteiger partial charge in [0.15, 0.2) is 0 Å². The summed E-state index contributed by atoms with van der Waals surface area (Å²) >= 11 is 0.